The topological polar surface area (TPSA) is 132 Å². The molecule has 2 N–H and O–H groups in total. The number of β-amino-alcohol motifs (C(OH)–C–C–N with tert-alkyl or cyclic N) is 1. The average molecular weight is 774 g/mol. The van der Waals surface area contributed by atoms with Crippen molar-refractivity contribution < 1.29 is 42.7 Å². The standard InChI is InChI=1S/C42H49F2N5O7/c1-5-28-30(43)10-9-26-20-27(50)21-29(32(26)28)35-34(44)36-33(38(45-35)52-3)37(49-16-19-55-24-40(2,51)22-49)47-39(46-36)56-25-41-11-6-8-31(41)48(15-7-12-41)23-42(53-4)13-17-54-18-14-42/h1,9-10,20-21,31,50-51H,6-8,11-19,22-25H2,2-4H3/t31-,40+,41-/m1/s1. The normalized spacial score (nSPS) is 25.5. The number of aromatic hydroxyl groups is 1. The molecule has 4 aromatic rings. The Balaban J connectivity index is 1.24. The highest BCUT2D eigenvalue weighted by Crippen LogP contribution is 2.49. The fraction of sp³-hybridized carbons (Fsp3) is 0.548. The van der Waals surface area contributed by atoms with Crippen molar-refractivity contribution in [3.63, 3.8) is 0 Å². The van der Waals surface area contributed by atoms with Gasteiger partial charge in [-0.1, -0.05) is 18.4 Å². The SMILES string of the molecule is C#Cc1c(F)ccc2cc(O)cc(-c3nc(OC)c4c(N5CCOC[C@@](C)(O)C5)nc(OC[C@]56CCC[C@H]5N(CC5(OC)CCOCC5)CCC6)nc4c3F)c12. The van der Waals surface area contributed by atoms with E-state index in [2.05, 4.69) is 15.8 Å². The number of hydrogen-bond acceptors (Lipinski definition) is 12. The summed E-state index contributed by atoms with van der Waals surface area (Å²) in [7, 11) is 3.20. The number of rotatable bonds is 9. The first-order valence-electron chi connectivity index (χ1n) is 19.4. The Kier molecular flexibility index (Phi) is 10.4. The lowest BCUT2D eigenvalue weighted by atomic mass is 9.75. The first kappa shape index (κ1) is 38.5. The maximum atomic E-state index is 17.4. The lowest BCUT2D eigenvalue weighted by Crippen LogP contribution is -2.57. The molecular weight excluding hydrogens is 724 g/mol. The van der Waals surface area contributed by atoms with E-state index in [1.807, 2.05) is 0 Å². The Morgan fingerprint density at radius 1 is 1.00 bits per heavy atom. The molecule has 3 saturated heterocycles. The molecule has 0 spiro atoms. The van der Waals surface area contributed by atoms with E-state index < -0.39 is 17.2 Å². The van der Waals surface area contributed by atoms with Gasteiger partial charge in [0.1, 0.15) is 39.6 Å². The summed E-state index contributed by atoms with van der Waals surface area (Å²) < 4.78 is 62.4. The smallest absolute Gasteiger partial charge is 0.319 e. The van der Waals surface area contributed by atoms with Crippen molar-refractivity contribution in [1.82, 2.24) is 19.9 Å². The number of benzene rings is 2. The Hall–Kier alpha value is -4.39. The highest BCUT2D eigenvalue weighted by Gasteiger charge is 2.50. The van der Waals surface area contributed by atoms with Gasteiger partial charge in [0.2, 0.25) is 5.88 Å². The third kappa shape index (κ3) is 6.98. The predicted molar refractivity (Wildman–Crippen MR) is 206 cm³/mol. The van der Waals surface area contributed by atoms with Gasteiger partial charge < -0.3 is 38.8 Å². The molecule has 12 nitrogen and oxygen atoms in total. The zero-order valence-electron chi connectivity index (χ0n) is 32.2. The number of likely N-dealkylation sites (tertiary alicyclic amines) is 1. The van der Waals surface area contributed by atoms with E-state index in [-0.39, 0.29) is 93.4 Å². The van der Waals surface area contributed by atoms with Crippen LogP contribution in [0.4, 0.5) is 14.6 Å². The molecular formula is C42H49F2N5O7. The molecule has 4 aliphatic rings. The number of piperidine rings is 1. The van der Waals surface area contributed by atoms with E-state index in [0.717, 1.165) is 58.0 Å². The first-order valence-corrected chi connectivity index (χ1v) is 19.4. The molecule has 2 aromatic heterocycles. The van der Waals surface area contributed by atoms with Gasteiger partial charge >= 0.3 is 6.01 Å². The van der Waals surface area contributed by atoms with Crippen LogP contribution in [0, 0.1) is 29.4 Å². The Morgan fingerprint density at radius 3 is 2.57 bits per heavy atom. The fourth-order valence-corrected chi connectivity index (χ4v) is 9.61. The van der Waals surface area contributed by atoms with Gasteiger partial charge in [-0.05, 0) is 62.7 Å². The Bertz CT molecular complexity index is 2170. The minimum atomic E-state index is -1.25. The van der Waals surface area contributed by atoms with Gasteiger partial charge in [-0.3, -0.25) is 4.90 Å². The van der Waals surface area contributed by atoms with Crippen molar-refractivity contribution in [2.45, 2.75) is 69.1 Å². The van der Waals surface area contributed by atoms with Crippen LogP contribution in [0.2, 0.25) is 0 Å². The quantitative estimate of drug-likeness (QED) is 0.205. The first-order chi connectivity index (χ1) is 27.0. The zero-order valence-corrected chi connectivity index (χ0v) is 32.2. The average Bonchev–Trinajstić information content (AvgIpc) is 3.55. The Morgan fingerprint density at radius 2 is 1.80 bits per heavy atom. The molecule has 0 unspecified atom stereocenters. The van der Waals surface area contributed by atoms with E-state index in [1.54, 1.807) is 18.9 Å². The minimum absolute atomic E-state index is 0.0181. The van der Waals surface area contributed by atoms with Crippen LogP contribution in [0.3, 0.4) is 0 Å². The zero-order chi connectivity index (χ0) is 39.2. The number of halogens is 2. The molecule has 1 saturated carbocycles. The minimum Gasteiger partial charge on any atom is -0.508 e. The van der Waals surface area contributed by atoms with Crippen molar-refractivity contribution in [3.05, 3.63) is 41.5 Å². The summed E-state index contributed by atoms with van der Waals surface area (Å²) >= 11 is 0. The van der Waals surface area contributed by atoms with Crippen molar-refractivity contribution in [1.29, 1.82) is 0 Å². The summed E-state index contributed by atoms with van der Waals surface area (Å²) in [5, 5.41) is 22.7. The van der Waals surface area contributed by atoms with Crippen LogP contribution in [0.25, 0.3) is 32.9 Å². The van der Waals surface area contributed by atoms with Crippen molar-refractivity contribution >= 4 is 27.5 Å². The van der Waals surface area contributed by atoms with Crippen LogP contribution in [-0.4, -0.2) is 121 Å². The highest BCUT2D eigenvalue weighted by atomic mass is 19.1. The third-order valence-corrected chi connectivity index (χ3v) is 12.3. The van der Waals surface area contributed by atoms with Crippen LogP contribution in [0.5, 0.6) is 17.6 Å². The number of aliphatic hydroxyl groups is 1. The number of pyridine rings is 1. The molecule has 5 heterocycles. The molecule has 14 heteroatoms. The molecule has 3 aliphatic heterocycles. The predicted octanol–water partition coefficient (Wildman–Crippen LogP) is 5.62. The fourth-order valence-electron chi connectivity index (χ4n) is 9.61. The number of aromatic nitrogens is 3. The molecule has 298 valence electrons. The van der Waals surface area contributed by atoms with Crippen molar-refractivity contribution in [2.75, 3.05) is 78.3 Å². The summed E-state index contributed by atoms with van der Waals surface area (Å²) in [6, 6.07) is 5.61. The van der Waals surface area contributed by atoms with Crippen molar-refractivity contribution in [2.24, 2.45) is 5.41 Å². The van der Waals surface area contributed by atoms with E-state index in [0.29, 0.717) is 31.8 Å². The number of hydrogen-bond donors (Lipinski definition) is 2. The molecule has 0 amide bonds. The number of nitrogens with zero attached hydrogens (tertiary/aromatic N) is 5. The summed E-state index contributed by atoms with van der Waals surface area (Å²) in [4.78, 5) is 18.6. The number of terminal acetylenes is 1. The van der Waals surface area contributed by atoms with Gasteiger partial charge in [-0.25, -0.2) is 13.8 Å². The second-order valence-electron chi connectivity index (χ2n) is 16.1. The molecule has 56 heavy (non-hydrogen) atoms. The second-order valence-corrected chi connectivity index (χ2v) is 16.1. The van der Waals surface area contributed by atoms with Crippen LogP contribution < -0.4 is 14.4 Å². The lowest BCUT2D eigenvalue weighted by molar-refractivity contribution is -0.122. The van der Waals surface area contributed by atoms with Gasteiger partial charge in [0, 0.05) is 68.7 Å². The summed E-state index contributed by atoms with van der Waals surface area (Å²) in [6.07, 6.45) is 12.5. The van der Waals surface area contributed by atoms with Gasteiger partial charge in [-0.2, -0.15) is 9.97 Å². The van der Waals surface area contributed by atoms with E-state index in [4.69, 9.17) is 40.1 Å². The maximum absolute atomic E-state index is 17.4. The molecule has 0 bridgehead atoms. The number of phenolic OH excluding ortho intramolecular Hbond substituents is 1. The number of fused-ring (bicyclic) bond motifs is 3. The molecule has 4 fully saturated rings. The van der Waals surface area contributed by atoms with E-state index in [1.165, 1.54) is 31.4 Å². The van der Waals surface area contributed by atoms with Crippen LogP contribution in [0.1, 0.15) is 57.4 Å². The van der Waals surface area contributed by atoms with Gasteiger partial charge in [0.15, 0.2) is 5.82 Å². The monoisotopic (exact) mass is 773 g/mol. The Labute approximate surface area is 325 Å². The molecule has 8 rings (SSSR count). The maximum Gasteiger partial charge on any atom is 0.319 e. The molecule has 1 aliphatic carbocycles. The third-order valence-electron chi connectivity index (χ3n) is 12.3. The highest BCUT2D eigenvalue weighted by molar-refractivity contribution is 6.04. The van der Waals surface area contributed by atoms with Crippen LogP contribution >= 0.6 is 0 Å². The summed E-state index contributed by atoms with van der Waals surface area (Å²) in [6.45, 7) is 5.96. The van der Waals surface area contributed by atoms with Crippen LogP contribution in [0.15, 0.2) is 24.3 Å². The number of anilines is 1. The lowest BCUT2D eigenvalue weighted by Gasteiger charge is -2.49. The number of phenols is 1. The largest absolute Gasteiger partial charge is 0.508 e. The number of methoxy groups -OCH3 is 2. The van der Waals surface area contributed by atoms with Gasteiger partial charge in [-0.15, -0.1) is 6.42 Å². The molecule has 3 atom stereocenters. The second kappa shape index (κ2) is 15.2. The van der Waals surface area contributed by atoms with Crippen molar-refractivity contribution in [3.8, 4) is 41.2 Å². The van der Waals surface area contributed by atoms with E-state index in [9.17, 15) is 10.2 Å². The summed E-state index contributed by atoms with van der Waals surface area (Å²) in [5.74, 6) is 0.889. The van der Waals surface area contributed by atoms with Gasteiger partial charge in [0.25, 0.3) is 0 Å². The van der Waals surface area contributed by atoms with Gasteiger partial charge in [0.05, 0.1) is 44.6 Å². The van der Waals surface area contributed by atoms with Crippen LogP contribution in [-0.2, 0) is 14.2 Å². The molecule has 2 aromatic carbocycles. The number of ether oxygens (including phenoxy) is 5. The summed E-state index contributed by atoms with van der Waals surface area (Å²) in [5.41, 5.74) is -2.13. The van der Waals surface area contributed by atoms with E-state index >= 15 is 8.78 Å². The molecule has 0 radical (unpaired) electrons.